The van der Waals surface area contributed by atoms with Gasteiger partial charge in [-0.3, -0.25) is 9.59 Å². The number of ether oxygens (including phenoxy) is 1. The van der Waals surface area contributed by atoms with Crippen molar-refractivity contribution in [1.29, 1.82) is 0 Å². The number of H-pyrrole nitrogens is 1. The summed E-state index contributed by atoms with van der Waals surface area (Å²) < 4.78 is 6.01. The van der Waals surface area contributed by atoms with Crippen LogP contribution in [0.5, 0.6) is 5.75 Å². The van der Waals surface area contributed by atoms with Crippen LogP contribution in [0, 0.1) is 0 Å². The molecule has 0 saturated carbocycles. The van der Waals surface area contributed by atoms with Crippen molar-refractivity contribution in [3.05, 3.63) is 138 Å². The van der Waals surface area contributed by atoms with Crippen molar-refractivity contribution in [2.45, 2.75) is 13.0 Å². The molecule has 4 aromatic carbocycles. The zero-order chi connectivity index (χ0) is 26.2. The number of benzene rings is 4. The van der Waals surface area contributed by atoms with E-state index in [1.165, 1.54) is 12.2 Å². The van der Waals surface area contributed by atoms with Gasteiger partial charge in [-0.05, 0) is 69.6 Å². The molecule has 0 aliphatic carbocycles. The lowest BCUT2D eigenvalue weighted by Gasteiger charge is -2.11. The van der Waals surface area contributed by atoms with Crippen molar-refractivity contribution in [3.8, 4) is 16.9 Å². The van der Waals surface area contributed by atoms with E-state index in [-0.39, 0.29) is 18.0 Å². The van der Waals surface area contributed by atoms with E-state index >= 15 is 0 Å². The van der Waals surface area contributed by atoms with Gasteiger partial charge in [-0.1, -0.05) is 91.0 Å². The molecule has 0 aliphatic heterocycles. The Bertz CT molecular complexity index is 1610. The van der Waals surface area contributed by atoms with E-state index in [0.29, 0.717) is 12.4 Å². The number of allylic oxidation sites excluding steroid dienone is 2. The van der Waals surface area contributed by atoms with Crippen LogP contribution < -0.4 is 4.74 Å². The van der Waals surface area contributed by atoms with Gasteiger partial charge in [-0.25, -0.2) is 0 Å². The SMILES string of the molecule is O=C(/C=C/c1ccc2cc[nH]c2c1)CC(=O)/C=C/c1cc(OCc2ccccc2)ccc1-c1ccccc1. The van der Waals surface area contributed by atoms with E-state index in [2.05, 4.69) is 4.98 Å². The second kappa shape index (κ2) is 11.8. The van der Waals surface area contributed by atoms with Gasteiger partial charge >= 0.3 is 0 Å². The molecule has 0 unspecified atom stereocenters. The number of aromatic nitrogens is 1. The van der Waals surface area contributed by atoms with Crippen molar-refractivity contribution < 1.29 is 14.3 Å². The Morgan fingerprint density at radius 1 is 0.737 bits per heavy atom. The maximum Gasteiger partial charge on any atom is 0.163 e. The van der Waals surface area contributed by atoms with Crippen molar-refractivity contribution in [3.63, 3.8) is 0 Å². The molecule has 0 aliphatic rings. The first-order valence-corrected chi connectivity index (χ1v) is 12.5. The largest absolute Gasteiger partial charge is 0.489 e. The van der Waals surface area contributed by atoms with Gasteiger partial charge in [0.1, 0.15) is 12.4 Å². The summed E-state index contributed by atoms with van der Waals surface area (Å²) in [6, 6.07) is 33.7. The monoisotopic (exact) mass is 497 g/mol. The number of aromatic amines is 1. The number of hydrogen-bond donors (Lipinski definition) is 1. The Hall–Kier alpha value is -4.96. The first kappa shape index (κ1) is 24.7. The van der Waals surface area contributed by atoms with Crippen LogP contribution >= 0.6 is 0 Å². The molecule has 0 radical (unpaired) electrons. The third-order valence-corrected chi connectivity index (χ3v) is 6.19. The van der Waals surface area contributed by atoms with Gasteiger partial charge in [0.05, 0.1) is 6.42 Å². The van der Waals surface area contributed by atoms with E-state index in [0.717, 1.165) is 38.7 Å². The minimum Gasteiger partial charge on any atom is -0.489 e. The first-order chi connectivity index (χ1) is 18.6. The van der Waals surface area contributed by atoms with Gasteiger partial charge in [-0.15, -0.1) is 0 Å². The summed E-state index contributed by atoms with van der Waals surface area (Å²) in [6.45, 7) is 0.450. The number of carbonyl (C=O) groups is 2. The molecule has 0 spiro atoms. The fourth-order valence-corrected chi connectivity index (χ4v) is 4.22. The van der Waals surface area contributed by atoms with Crippen LogP contribution in [0.15, 0.2) is 121 Å². The molecule has 5 aromatic rings. The van der Waals surface area contributed by atoms with Gasteiger partial charge in [0.25, 0.3) is 0 Å². The number of ketones is 2. The van der Waals surface area contributed by atoms with Gasteiger partial charge < -0.3 is 9.72 Å². The molecule has 0 bridgehead atoms. The van der Waals surface area contributed by atoms with Crippen LogP contribution in [0.25, 0.3) is 34.2 Å². The fourth-order valence-electron chi connectivity index (χ4n) is 4.22. The number of nitrogens with one attached hydrogen (secondary N) is 1. The predicted molar refractivity (Wildman–Crippen MR) is 154 cm³/mol. The van der Waals surface area contributed by atoms with E-state index in [1.54, 1.807) is 12.2 Å². The Labute approximate surface area is 221 Å². The van der Waals surface area contributed by atoms with Crippen LogP contribution in [-0.4, -0.2) is 16.6 Å². The number of hydrogen-bond acceptors (Lipinski definition) is 3. The number of fused-ring (bicyclic) bond motifs is 1. The second-order valence-electron chi connectivity index (χ2n) is 8.99. The van der Waals surface area contributed by atoms with Gasteiger partial charge in [-0.2, -0.15) is 0 Å². The summed E-state index contributed by atoms with van der Waals surface area (Å²) in [5, 5.41) is 1.11. The van der Waals surface area contributed by atoms with Crippen molar-refractivity contribution in [2.24, 2.45) is 0 Å². The Balaban J connectivity index is 1.28. The molecule has 1 N–H and O–H groups in total. The Kier molecular flexibility index (Phi) is 7.71. The molecule has 1 heterocycles. The molecular formula is C34H27NO3. The van der Waals surface area contributed by atoms with E-state index in [4.69, 9.17) is 4.74 Å². The number of carbonyl (C=O) groups excluding carboxylic acids is 2. The van der Waals surface area contributed by atoms with E-state index in [9.17, 15) is 9.59 Å². The molecule has 38 heavy (non-hydrogen) atoms. The molecule has 0 amide bonds. The van der Waals surface area contributed by atoms with Crippen molar-refractivity contribution in [2.75, 3.05) is 0 Å². The standard InChI is InChI=1S/C34H27NO3/c36-30(15-12-25-11-13-28-19-20-35-34(28)21-25)23-31(37)16-14-29-22-32(38-24-26-7-3-1-4-8-26)17-18-33(29)27-9-5-2-6-10-27/h1-22,35H,23-24H2/b15-12+,16-14+. The summed E-state index contributed by atoms with van der Waals surface area (Å²) in [7, 11) is 0. The maximum absolute atomic E-state index is 12.6. The molecular weight excluding hydrogens is 470 g/mol. The summed E-state index contributed by atoms with van der Waals surface area (Å²) in [5.41, 5.74) is 5.84. The van der Waals surface area contributed by atoms with E-state index in [1.807, 2.05) is 109 Å². The smallest absolute Gasteiger partial charge is 0.163 e. The maximum atomic E-state index is 12.6. The highest BCUT2D eigenvalue weighted by Gasteiger charge is 2.08. The molecule has 0 fully saturated rings. The average molecular weight is 498 g/mol. The van der Waals surface area contributed by atoms with Crippen LogP contribution in [0.2, 0.25) is 0 Å². The predicted octanol–water partition coefficient (Wildman–Crippen LogP) is 7.67. The highest BCUT2D eigenvalue weighted by atomic mass is 16.5. The Morgan fingerprint density at radius 3 is 2.26 bits per heavy atom. The summed E-state index contributed by atoms with van der Waals surface area (Å²) in [6.07, 6.45) is 8.12. The molecule has 1 aromatic heterocycles. The summed E-state index contributed by atoms with van der Waals surface area (Å²) in [5.74, 6) is 0.210. The lowest BCUT2D eigenvalue weighted by Crippen LogP contribution is -2.02. The zero-order valence-electron chi connectivity index (χ0n) is 20.8. The van der Waals surface area contributed by atoms with Gasteiger partial charge in [0, 0.05) is 11.7 Å². The average Bonchev–Trinajstić information content (AvgIpc) is 3.43. The van der Waals surface area contributed by atoms with Gasteiger partial charge in [0.2, 0.25) is 0 Å². The molecule has 0 saturated heterocycles. The third kappa shape index (κ3) is 6.42. The van der Waals surface area contributed by atoms with E-state index < -0.39 is 0 Å². The normalized spacial score (nSPS) is 11.4. The highest BCUT2D eigenvalue weighted by molar-refractivity contribution is 6.11. The second-order valence-corrected chi connectivity index (χ2v) is 8.99. The molecule has 0 atom stereocenters. The van der Waals surface area contributed by atoms with Crippen molar-refractivity contribution in [1.82, 2.24) is 4.98 Å². The quantitative estimate of drug-likeness (QED) is 0.159. The number of rotatable bonds is 10. The Morgan fingerprint density at radius 2 is 1.47 bits per heavy atom. The lowest BCUT2D eigenvalue weighted by atomic mass is 9.98. The highest BCUT2D eigenvalue weighted by Crippen LogP contribution is 2.29. The minimum atomic E-state index is -0.255. The zero-order valence-corrected chi connectivity index (χ0v) is 20.8. The summed E-state index contributed by atoms with van der Waals surface area (Å²) >= 11 is 0. The molecule has 186 valence electrons. The first-order valence-electron chi connectivity index (χ1n) is 12.5. The topological polar surface area (TPSA) is 59.2 Å². The van der Waals surface area contributed by atoms with Gasteiger partial charge in [0.15, 0.2) is 11.6 Å². The fraction of sp³-hybridized carbons (Fsp3) is 0.0588. The van der Waals surface area contributed by atoms with Crippen LogP contribution in [0.4, 0.5) is 0 Å². The van der Waals surface area contributed by atoms with Crippen LogP contribution in [-0.2, 0) is 16.2 Å². The molecule has 4 nitrogen and oxygen atoms in total. The molecule has 5 rings (SSSR count). The minimum absolute atomic E-state index is 0.192. The molecule has 4 heteroatoms. The van der Waals surface area contributed by atoms with Crippen LogP contribution in [0.3, 0.4) is 0 Å². The van der Waals surface area contributed by atoms with Crippen LogP contribution in [0.1, 0.15) is 23.1 Å². The summed E-state index contributed by atoms with van der Waals surface area (Å²) in [4.78, 5) is 28.2. The lowest BCUT2D eigenvalue weighted by molar-refractivity contribution is -0.121. The third-order valence-electron chi connectivity index (χ3n) is 6.19. The van der Waals surface area contributed by atoms with Crippen molar-refractivity contribution >= 4 is 34.6 Å².